The van der Waals surface area contributed by atoms with Gasteiger partial charge in [0.15, 0.2) is 4.34 Å². The van der Waals surface area contributed by atoms with Gasteiger partial charge in [-0.25, -0.2) is 9.18 Å². The molecule has 0 spiro atoms. The largest absolute Gasteiger partial charge is 0.382 e. The fraction of sp³-hybridized carbons (Fsp3) is 0.375. The Balaban J connectivity index is 1.69. The summed E-state index contributed by atoms with van der Waals surface area (Å²) in [5, 5.41) is 15.9. The lowest BCUT2D eigenvalue weighted by atomic mass is 10.3. The van der Waals surface area contributed by atoms with E-state index in [1.807, 2.05) is 6.92 Å². The summed E-state index contributed by atoms with van der Waals surface area (Å²) in [7, 11) is 0. The minimum absolute atomic E-state index is 0.0146. The van der Waals surface area contributed by atoms with Crippen LogP contribution >= 0.6 is 23.1 Å². The number of benzene rings is 1. The summed E-state index contributed by atoms with van der Waals surface area (Å²) in [4.78, 5) is 23.4. The van der Waals surface area contributed by atoms with E-state index in [1.165, 1.54) is 17.4 Å². The van der Waals surface area contributed by atoms with E-state index in [4.69, 9.17) is 4.74 Å². The number of amides is 3. The zero-order valence-corrected chi connectivity index (χ0v) is 16.3. The number of imide groups is 1. The highest BCUT2D eigenvalue weighted by atomic mass is 32.2. The lowest BCUT2D eigenvalue weighted by Crippen LogP contribution is -2.40. The maximum Gasteiger partial charge on any atom is 0.321 e. The molecular weight excluding hydrogens is 393 g/mol. The molecule has 2 aromatic rings. The minimum atomic E-state index is -0.545. The summed E-state index contributed by atoms with van der Waals surface area (Å²) < 4.78 is 19.3. The average molecular weight is 414 g/mol. The van der Waals surface area contributed by atoms with Crippen molar-refractivity contribution in [2.45, 2.75) is 17.7 Å². The van der Waals surface area contributed by atoms with Crippen molar-refractivity contribution >= 4 is 45.9 Å². The van der Waals surface area contributed by atoms with E-state index in [0.717, 1.165) is 11.8 Å². The Hall–Kier alpha value is -2.24. The SMILES string of the molecule is CCOCCCNC(=O)NC(=O)CSc1nnc(Nc2ccccc2F)s1. The van der Waals surface area contributed by atoms with Crippen LogP contribution in [0.25, 0.3) is 0 Å². The first-order chi connectivity index (χ1) is 13.1. The van der Waals surface area contributed by atoms with Gasteiger partial charge in [0, 0.05) is 19.8 Å². The van der Waals surface area contributed by atoms with Gasteiger partial charge in [-0.2, -0.15) is 0 Å². The molecule has 11 heteroatoms. The fourth-order valence-corrected chi connectivity index (χ4v) is 3.42. The van der Waals surface area contributed by atoms with Crippen molar-refractivity contribution in [3.05, 3.63) is 30.1 Å². The van der Waals surface area contributed by atoms with Gasteiger partial charge in [0.2, 0.25) is 11.0 Å². The van der Waals surface area contributed by atoms with Crippen LogP contribution in [0.1, 0.15) is 13.3 Å². The number of hydrogen-bond acceptors (Lipinski definition) is 8. The van der Waals surface area contributed by atoms with E-state index >= 15 is 0 Å². The lowest BCUT2D eigenvalue weighted by Gasteiger charge is -2.06. The number of aromatic nitrogens is 2. The van der Waals surface area contributed by atoms with Crippen LogP contribution in [0.5, 0.6) is 0 Å². The number of ether oxygens (including phenoxy) is 1. The molecule has 0 atom stereocenters. The predicted molar refractivity (Wildman–Crippen MR) is 103 cm³/mol. The van der Waals surface area contributed by atoms with E-state index in [0.29, 0.717) is 41.3 Å². The van der Waals surface area contributed by atoms with E-state index in [-0.39, 0.29) is 5.75 Å². The topological polar surface area (TPSA) is 105 Å². The van der Waals surface area contributed by atoms with Crippen LogP contribution in [0.15, 0.2) is 28.6 Å². The van der Waals surface area contributed by atoms with Gasteiger partial charge < -0.3 is 15.4 Å². The van der Waals surface area contributed by atoms with Gasteiger partial charge in [-0.3, -0.25) is 10.1 Å². The third kappa shape index (κ3) is 7.89. The standard InChI is InChI=1S/C16H20FN5O3S2/c1-2-25-9-5-8-18-14(24)20-13(23)10-26-16-22-21-15(27-16)19-12-7-4-3-6-11(12)17/h3-4,6-7H,2,5,8-10H2,1H3,(H,19,21)(H2,18,20,23,24). The highest BCUT2D eigenvalue weighted by Gasteiger charge is 2.11. The molecule has 1 aromatic heterocycles. The Labute approximate surface area is 164 Å². The van der Waals surface area contributed by atoms with Gasteiger partial charge in [0.1, 0.15) is 5.82 Å². The number of halogens is 1. The Morgan fingerprint density at radius 3 is 2.89 bits per heavy atom. The van der Waals surface area contributed by atoms with Crippen LogP contribution in [-0.4, -0.2) is 47.6 Å². The molecule has 0 saturated heterocycles. The molecule has 1 aromatic carbocycles. The maximum absolute atomic E-state index is 13.6. The van der Waals surface area contributed by atoms with Crippen LogP contribution < -0.4 is 16.0 Å². The Bertz CT molecular complexity index is 759. The summed E-state index contributed by atoms with van der Waals surface area (Å²) in [6, 6.07) is 5.68. The van der Waals surface area contributed by atoms with Gasteiger partial charge >= 0.3 is 6.03 Å². The molecule has 3 amide bonds. The van der Waals surface area contributed by atoms with Crippen LogP contribution in [0.2, 0.25) is 0 Å². The number of carbonyl (C=O) groups excluding carboxylic acids is 2. The van der Waals surface area contributed by atoms with Crippen molar-refractivity contribution in [3.8, 4) is 0 Å². The normalized spacial score (nSPS) is 10.4. The van der Waals surface area contributed by atoms with E-state index in [2.05, 4.69) is 26.1 Å². The molecule has 0 saturated carbocycles. The minimum Gasteiger partial charge on any atom is -0.382 e. The molecule has 0 bridgehead atoms. The van der Waals surface area contributed by atoms with Crippen LogP contribution in [0, 0.1) is 5.82 Å². The number of thioether (sulfide) groups is 1. The number of nitrogens with zero attached hydrogens (tertiary/aromatic N) is 2. The Morgan fingerprint density at radius 2 is 2.11 bits per heavy atom. The maximum atomic E-state index is 13.6. The van der Waals surface area contributed by atoms with Gasteiger partial charge in [-0.1, -0.05) is 35.2 Å². The summed E-state index contributed by atoms with van der Waals surface area (Å²) in [6.07, 6.45) is 0.673. The molecular formula is C16H20FN5O3S2. The third-order valence-corrected chi connectivity index (χ3v) is 5.03. The first-order valence-electron chi connectivity index (χ1n) is 8.21. The number of anilines is 2. The molecule has 3 N–H and O–H groups in total. The van der Waals surface area contributed by atoms with E-state index in [1.54, 1.807) is 18.2 Å². The second kappa shape index (κ2) is 11.5. The molecule has 0 aliphatic rings. The number of para-hydroxylation sites is 1. The number of rotatable bonds is 10. The van der Waals surface area contributed by atoms with Crippen LogP contribution in [0.4, 0.5) is 20.0 Å². The third-order valence-electron chi connectivity index (χ3n) is 3.06. The van der Waals surface area contributed by atoms with Crippen molar-refractivity contribution in [1.82, 2.24) is 20.8 Å². The Kier molecular flexibility index (Phi) is 8.95. The molecule has 1 heterocycles. The fourth-order valence-electron chi connectivity index (χ4n) is 1.85. The van der Waals surface area contributed by atoms with Crippen LogP contribution in [-0.2, 0) is 9.53 Å². The lowest BCUT2D eigenvalue weighted by molar-refractivity contribution is -0.117. The van der Waals surface area contributed by atoms with E-state index in [9.17, 15) is 14.0 Å². The molecule has 0 fully saturated rings. The quantitative estimate of drug-likeness (QED) is 0.406. The van der Waals surface area contributed by atoms with Gasteiger partial charge in [-0.15, -0.1) is 10.2 Å². The number of urea groups is 1. The Morgan fingerprint density at radius 1 is 1.30 bits per heavy atom. The van der Waals surface area contributed by atoms with Crippen molar-refractivity contribution < 1.29 is 18.7 Å². The van der Waals surface area contributed by atoms with Crippen molar-refractivity contribution in [3.63, 3.8) is 0 Å². The zero-order valence-electron chi connectivity index (χ0n) is 14.7. The summed E-state index contributed by atoms with van der Waals surface area (Å²) in [6.45, 7) is 3.51. The monoisotopic (exact) mass is 413 g/mol. The number of carbonyl (C=O) groups is 2. The van der Waals surface area contributed by atoms with Crippen molar-refractivity contribution in [2.24, 2.45) is 0 Å². The summed E-state index contributed by atoms with van der Waals surface area (Å²) in [5.41, 5.74) is 0.295. The van der Waals surface area contributed by atoms with Crippen molar-refractivity contribution in [1.29, 1.82) is 0 Å². The molecule has 8 nitrogen and oxygen atoms in total. The second-order valence-electron chi connectivity index (χ2n) is 5.12. The highest BCUT2D eigenvalue weighted by molar-refractivity contribution is 8.01. The van der Waals surface area contributed by atoms with E-state index < -0.39 is 17.8 Å². The predicted octanol–water partition coefficient (Wildman–Crippen LogP) is 2.77. The smallest absolute Gasteiger partial charge is 0.321 e. The van der Waals surface area contributed by atoms with Crippen molar-refractivity contribution in [2.75, 3.05) is 30.8 Å². The highest BCUT2D eigenvalue weighted by Crippen LogP contribution is 2.28. The first-order valence-corrected chi connectivity index (χ1v) is 10.0. The molecule has 146 valence electrons. The zero-order chi connectivity index (χ0) is 19.5. The molecule has 2 rings (SSSR count). The van der Waals surface area contributed by atoms with Crippen LogP contribution in [0.3, 0.4) is 0 Å². The second-order valence-corrected chi connectivity index (χ2v) is 7.32. The molecule has 0 aliphatic carbocycles. The summed E-state index contributed by atoms with van der Waals surface area (Å²) >= 11 is 2.33. The number of hydrogen-bond donors (Lipinski definition) is 3. The van der Waals surface area contributed by atoms with Gasteiger partial charge in [0.05, 0.1) is 11.4 Å². The first kappa shape index (κ1) is 21.1. The van der Waals surface area contributed by atoms with Gasteiger partial charge in [0.25, 0.3) is 0 Å². The molecule has 0 unspecified atom stereocenters. The average Bonchev–Trinajstić information content (AvgIpc) is 3.09. The number of nitrogens with one attached hydrogen (secondary N) is 3. The molecule has 0 radical (unpaired) electrons. The summed E-state index contributed by atoms with van der Waals surface area (Å²) in [5.74, 6) is -0.824. The molecule has 0 aliphatic heterocycles. The molecule has 27 heavy (non-hydrogen) atoms. The van der Waals surface area contributed by atoms with Gasteiger partial charge in [-0.05, 0) is 25.5 Å².